The average molecular weight is 367 g/mol. The van der Waals surface area contributed by atoms with Gasteiger partial charge in [-0.3, -0.25) is 9.59 Å². The van der Waals surface area contributed by atoms with Gasteiger partial charge in [0.2, 0.25) is 11.8 Å². The van der Waals surface area contributed by atoms with Gasteiger partial charge in [-0.1, -0.05) is 60.7 Å². The maximum atomic E-state index is 12.0. The van der Waals surface area contributed by atoms with Crippen LogP contribution in [0.1, 0.15) is 44.2 Å². The number of rotatable bonds is 10. The highest BCUT2D eigenvalue weighted by molar-refractivity contribution is 5.79. The van der Waals surface area contributed by atoms with Crippen LogP contribution in [0.3, 0.4) is 0 Å². The Labute approximate surface area is 162 Å². The van der Waals surface area contributed by atoms with Crippen molar-refractivity contribution in [2.45, 2.75) is 58.0 Å². The van der Waals surface area contributed by atoms with E-state index in [0.717, 1.165) is 12.8 Å². The van der Waals surface area contributed by atoms with Gasteiger partial charge < -0.3 is 10.6 Å². The molecule has 2 N–H and O–H groups in total. The number of hydrogen-bond donors (Lipinski definition) is 2. The lowest BCUT2D eigenvalue weighted by atomic mass is 10.1. The van der Waals surface area contributed by atoms with E-state index in [4.69, 9.17) is 0 Å². The van der Waals surface area contributed by atoms with Gasteiger partial charge >= 0.3 is 0 Å². The SMILES string of the molecule is C[C@@H](Cc1ccccc1)NC(=O)CCCC(=O)N[C@@H](C)Cc1ccccc1. The molecule has 0 saturated carbocycles. The Kier molecular flexibility index (Phi) is 8.56. The van der Waals surface area contributed by atoms with E-state index in [1.165, 1.54) is 11.1 Å². The lowest BCUT2D eigenvalue weighted by Crippen LogP contribution is -2.35. The van der Waals surface area contributed by atoms with Crippen LogP contribution in [0.5, 0.6) is 0 Å². The molecule has 0 aliphatic carbocycles. The van der Waals surface area contributed by atoms with Crippen molar-refractivity contribution in [2.24, 2.45) is 0 Å². The summed E-state index contributed by atoms with van der Waals surface area (Å²) in [6, 6.07) is 20.4. The first kappa shape index (κ1) is 20.7. The van der Waals surface area contributed by atoms with Crippen LogP contribution in [0, 0.1) is 0 Å². The van der Waals surface area contributed by atoms with Crippen LogP contribution < -0.4 is 10.6 Å². The zero-order valence-electron chi connectivity index (χ0n) is 16.3. The largest absolute Gasteiger partial charge is 0.353 e. The molecule has 4 nitrogen and oxygen atoms in total. The van der Waals surface area contributed by atoms with Crippen molar-refractivity contribution in [2.75, 3.05) is 0 Å². The van der Waals surface area contributed by atoms with Gasteiger partial charge in [-0.2, -0.15) is 0 Å². The summed E-state index contributed by atoms with van der Waals surface area (Å²) in [5, 5.41) is 6.01. The highest BCUT2D eigenvalue weighted by Gasteiger charge is 2.11. The van der Waals surface area contributed by atoms with Crippen molar-refractivity contribution in [1.82, 2.24) is 10.6 Å². The minimum atomic E-state index is 0.00330. The molecule has 0 aliphatic rings. The molecule has 2 aromatic carbocycles. The first-order valence-corrected chi connectivity index (χ1v) is 9.69. The van der Waals surface area contributed by atoms with Crippen LogP contribution >= 0.6 is 0 Å². The molecule has 0 spiro atoms. The predicted octanol–water partition coefficient (Wildman–Crippen LogP) is 3.65. The van der Waals surface area contributed by atoms with Crippen molar-refractivity contribution >= 4 is 11.8 Å². The summed E-state index contributed by atoms with van der Waals surface area (Å²) in [5.74, 6) is 0.00660. The quantitative estimate of drug-likeness (QED) is 0.674. The molecule has 4 heteroatoms. The average Bonchev–Trinajstić information content (AvgIpc) is 2.63. The number of benzene rings is 2. The molecule has 0 bridgehead atoms. The number of hydrogen-bond acceptors (Lipinski definition) is 2. The fourth-order valence-corrected chi connectivity index (χ4v) is 3.14. The standard InChI is InChI=1S/C23H30N2O2/c1-18(16-20-10-5-3-6-11-20)24-22(26)14-9-15-23(27)25-19(2)17-21-12-7-4-8-13-21/h3-8,10-13,18-19H,9,14-17H2,1-2H3,(H,24,26)(H,25,27)/t18-,19-/m0/s1. The van der Waals surface area contributed by atoms with E-state index in [2.05, 4.69) is 34.9 Å². The third kappa shape index (κ3) is 8.54. The van der Waals surface area contributed by atoms with Gasteiger partial charge in [-0.15, -0.1) is 0 Å². The van der Waals surface area contributed by atoms with Crippen LogP contribution in [0.4, 0.5) is 0 Å². The maximum absolute atomic E-state index is 12.0. The van der Waals surface area contributed by atoms with E-state index in [0.29, 0.717) is 19.3 Å². The molecular formula is C23H30N2O2. The molecule has 0 fully saturated rings. The van der Waals surface area contributed by atoms with Crippen molar-refractivity contribution in [3.63, 3.8) is 0 Å². The van der Waals surface area contributed by atoms with Crippen LogP contribution in [0.2, 0.25) is 0 Å². The Bertz CT molecular complexity index is 639. The Hall–Kier alpha value is -2.62. The molecule has 2 amide bonds. The van der Waals surface area contributed by atoms with E-state index in [1.807, 2.05) is 50.2 Å². The van der Waals surface area contributed by atoms with Gasteiger partial charge in [0, 0.05) is 24.9 Å². The zero-order chi connectivity index (χ0) is 19.5. The first-order chi connectivity index (χ1) is 13.0. The summed E-state index contributed by atoms with van der Waals surface area (Å²) < 4.78 is 0. The minimum absolute atomic E-state index is 0.00330. The molecule has 2 rings (SSSR count). The van der Waals surface area contributed by atoms with Crippen LogP contribution in [-0.4, -0.2) is 23.9 Å². The Morgan fingerprint density at radius 1 is 0.704 bits per heavy atom. The molecule has 0 aromatic heterocycles. The van der Waals surface area contributed by atoms with Crippen molar-refractivity contribution in [1.29, 1.82) is 0 Å². The monoisotopic (exact) mass is 366 g/mol. The fourth-order valence-electron chi connectivity index (χ4n) is 3.14. The summed E-state index contributed by atoms with van der Waals surface area (Å²) in [7, 11) is 0. The highest BCUT2D eigenvalue weighted by Crippen LogP contribution is 2.05. The molecule has 0 unspecified atom stereocenters. The zero-order valence-corrected chi connectivity index (χ0v) is 16.3. The number of carbonyl (C=O) groups is 2. The van der Waals surface area contributed by atoms with Crippen molar-refractivity contribution < 1.29 is 9.59 Å². The number of amides is 2. The number of carbonyl (C=O) groups excluding carboxylic acids is 2. The Balaban J connectivity index is 1.60. The van der Waals surface area contributed by atoms with Gasteiger partial charge in [0.1, 0.15) is 0 Å². The summed E-state index contributed by atoms with van der Waals surface area (Å²) >= 11 is 0. The van der Waals surface area contributed by atoms with E-state index in [1.54, 1.807) is 0 Å². The first-order valence-electron chi connectivity index (χ1n) is 9.69. The van der Waals surface area contributed by atoms with Crippen LogP contribution in [0.15, 0.2) is 60.7 Å². The predicted molar refractivity (Wildman–Crippen MR) is 109 cm³/mol. The normalized spacial score (nSPS) is 12.8. The summed E-state index contributed by atoms with van der Waals surface area (Å²) in [6.07, 6.45) is 2.93. The highest BCUT2D eigenvalue weighted by atomic mass is 16.2. The lowest BCUT2D eigenvalue weighted by Gasteiger charge is -2.15. The Morgan fingerprint density at radius 3 is 1.44 bits per heavy atom. The van der Waals surface area contributed by atoms with E-state index in [9.17, 15) is 9.59 Å². The van der Waals surface area contributed by atoms with Crippen molar-refractivity contribution in [3.8, 4) is 0 Å². The molecule has 2 atom stereocenters. The maximum Gasteiger partial charge on any atom is 0.220 e. The molecule has 0 heterocycles. The molecular weight excluding hydrogens is 336 g/mol. The van der Waals surface area contributed by atoms with Gasteiger partial charge in [-0.25, -0.2) is 0 Å². The number of nitrogens with one attached hydrogen (secondary N) is 2. The summed E-state index contributed by atoms with van der Waals surface area (Å²) in [5.41, 5.74) is 2.41. The van der Waals surface area contributed by atoms with Crippen LogP contribution in [0.25, 0.3) is 0 Å². The minimum Gasteiger partial charge on any atom is -0.353 e. The molecule has 0 saturated heterocycles. The molecule has 0 radical (unpaired) electrons. The third-order valence-electron chi connectivity index (χ3n) is 4.39. The van der Waals surface area contributed by atoms with Crippen LogP contribution in [-0.2, 0) is 22.4 Å². The Morgan fingerprint density at radius 2 is 1.07 bits per heavy atom. The summed E-state index contributed by atoms with van der Waals surface area (Å²) in [6.45, 7) is 4.01. The molecule has 2 aromatic rings. The molecule has 144 valence electrons. The van der Waals surface area contributed by atoms with Crippen molar-refractivity contribution in [3.05, 3.63) is 71.8 Å². The lowest BCUT2D eigenvalue weighted by molar-refractivity contribution is -0.123. The second-order valence-electron chi connectivity index (χ2n) is 7.17. The van der Waals surface area contributed by atoms with E-state index in [-0.39, 0.29) is 23.9 Å². The molecule has 0 aliphatic heterocycles. The second-order valence-corrected chi connectivity index (χ2v) is 7.17. The molecule has 27 heavy (non-hydrogen) atoms. The second kappa shape index (κ2) is 11.2. The van der Waals surface area contributed by atoms with Gasteiger partial charge in [0.05, 0.1) is 0 Å². The summed E-state index contributed by atoms with van der Waals surface area (Å²) in [4.78, 5) is 24.1. The van der Waals surface area contributed by atoms with Gasteiger partial charge in [0.15, 0.2) is 0 Å². The van der Waals surface area contributed by atoms with E-state index < -0.39 is 0 Å². The van der Waals surface area contributed by atoms with Gasteiger partial charge in [-0.05, 0) is 44.2 Å². The van der Waals surface area contributed by atoms with E-state index >= 15 is 0 Å². The fraction of sp³-hybridized carbons (Fsp3) is 0.391. The third-order valence-corrected chi connectivity index (χ3v) is 4.39. The van der Waals surface area contributed by atoms with Gasteiger partial charge in [0.25, 0.3) is 0 Å². The smallest absolute Gasteiger partial charge is 0.220 e. The topological polar surface area (TPSA) is 58.2 Å².